The van der Waals surface area contributed by atoms with E-state index in [0.29, 0.717) is 6.61 Å². The van der Waals surface area contributed by atoms with Gasteiger partial charge in [0.1, 0.15) is 5.75 Å². The first-order valence-electron chi connectivity index (χ1n) is 9.24. The van der Waals surface area contributed by atoms with Gasteiger partial charge in [-0.05, 0) is 31.0 Å². The molecule has 0 spiro atoms. The lowest BCUT2D eigenvalue weighted by atomic mass is 10.2. The third-order valence-corrected chi connectivity index (χ3v) is 4.45. The van der Waals surface area contributed by atoms with Crippen molar-refractivity contribution in [3.05, 3.63) is 41.5 Å². The number of aromatic nitrogens is 2. The van der Waals surface area contributed by atoms with Crippen molar-refractivity contribution < 1.29 is 9.26 Å². The Labute approximate surface area is 149 Å². The first kappa shape index (κ1) is 17.9. The van der Waals surface area contributed by atoms with Crippen LogP contribution in [0.3, 0.4) is 0 Å². The predicted molar refractivity (Wildman–Crippen MR) is 96.5 cm³/mol. The molecule has 2 heterocycles. The minimum Gasteiger partial charge on any atom is -0.494 e. The van der Waals surface area contributed by atoms with E-state index < -0.39 is 0 Å². The fourth-order valence-electron chi connectivity index (χ4n) is 3.09. The average molecular weight is 344 g/mol. The van der Waals surface area contributed by atoms with Crippen LogP contribution in [0.5, 0.6) is 5.75 Å². The van der Waals surface area contributed by atoms with Gasteiger partial charge in [-0.25, -0.2) is 0 Å². The van der Waals surface area contributed by atoms with Crippen molar-refractivity contribution in [3.63, 3.8) is 0 Å². The molecule has 0 unspecified atom stereocenters. The van der Waals surface area contributed by atoms with Crippen molar-refractivity contribution >= 4 is 0 Å². The first-order chi connectivity index (χ1) is 12.3. The zero-order chi connectivity index (χ0) is 17.5. The van der Waals surface area contributed by atoms with Gasteiger partial charge in [-0.3, -0.25) is 9.80 Å². The smallest absolute Gasteiger partial charge is 0.240 e. The van der Waals surface area contributed by atoms with Crippen molar-refractivity contribution in [1.29, 1.82) is 0 Å². The molecule has 1 aromatic heterocycles. The van der Waals surface area contributed by atoms with Crippen LogP contribution in [-0.2, 0) is 19.5 Å². The highest BCUT2D eigenvalue weighted by atomic mass is 16.5. The second kappa shape index (κ2) is 8.97. The second-order valence-electron chi connectivity index (χ2n) is 6.48. The van der Waals surface area contributed by atoms with E-state index in [1.54, 1.807) is 0 Å². The van der Waals surface area contributed by atoms with Gasteiger partial charge in [-0.1, -0.05) is 24.2 Å². The molecular weight excluding hydrogens is 316 g/mol. The van der Waals surface area contributed by atoms with Crippen LogP contribution >= 0.6 is 0 Å². The maximum Gasteiger partial charge on any atom is 0.240 e. The quantitative estimate of drug-likeness (QED) is 0.734. The maximum absolute atomic E-state index is 5.50. The minimum absolute atomic E-state index is 0.710. The number of piperazine rings is 1. The van der Waals surface area contributed by atoms with Crippen LogP contribution in [0.4, 0.5) is 0 Å². The zero-order valence-corrected chi connectivity index (χ0v) is 15.3. The van der Waals surface area contributed by atoms with E-state index in [1.165, 1.54) is 5.56 Å². The molecule has 3 rings (SSSR count). The number of nitrogens with zero attached hydrogens (tertiary/aromatic N) is 4. The SMILES string of the molecule is CCCc1noc(CN2CCN(Cc3ccc(OCC)cc3)CC2)n1. The van der Waals surface area contributed by atoms with Gasteiger partial charge in [0, 0.05) is 39.1 Å². The van der Waals surface area contributed by atoms with E-state index in [9.17, 15) is 0 Å². The van der Waals surface area contributed by atoms with Crippen molar-refractivity contribution in [1.82, 2.24) is 19.9 Å². The van der Waals surface area contributed by atoms with Gasteiger partial charge in [0.05, 0.1) is 13.2 Å². The molecule has 0 amide bonds. The Balaban J connectivity index is 1.43. The minimum atomic E-state index is 0.710. The summed E-state index contributed by atoms with van der Waals surface area (Å²) in [4.78, 5) is 9.33. The lowest BCUT2D eigenvalue weighted by Crippen LogP contribution is -2.45. The predicted octanol–water partition coefficient (Wildman–Crippen LogP) is 2.74. The molecule has 1 aliphatic heterocycles. The third kappa shape index (κ3) is 5.28. The van der Waals surface area contributed by atoms with Gasteiger partial charge in [0.15, 0.2) is 5.82 Å². The Morgan fingerprint density at radius 1 is 1.00 bits per heavy atom. The van der Waals surface area contributed by atoms with Crippen molar-refractivity contribution in [2.75, 3.05) is 32.8 Å². The third-order valence-electron chi connectivity index (χ3n) is 4.45. The standard InChI is InChI=1S/C19H28N4O2/c1-3-5-18-20-19(25-21-18)15-23-12-10-22(11-13-23)14-16-6-8-17(9-7-16)24-4-2/h6-9H,3-5,10-15H2,1-2H3. The highest BCUT2D eigenvalue weighted by molar-refractivity contribution is 5.27. The average Bonchev–Trinajstić information content (AvgIpc) is 3.06. The lowest BCUT2D eigenvalue weighted by molar-refractivity contribution is 0.112. The van der Waals surface area contributed by atoms with Gasteiger partial charge in [0.25, 0.3) is 0 Å². The largest absolute Gasteiger partial charge is 0.494 e. The van der Waals surface area contributed by atoms with Crippen molar-refractivity contribution in [2.24, 2.45) is 0 Å². The van der Waals surface area contributed by atoms with E-state index in [2.05, 4.69) is 51.1 Å². The normalized spacial score (nSPS) is 16.2. The van der Waals surface area contributed by atoms with E-state index in [4.69, 9.17) is 9.26 Å². The Morgan fingerprint density at radius 3 is 2.32 bits per heavy atom. The topological polar surface area (TPSA) is 54.6 Å². The summed E-state index contributed by atoms with van der Waals surface area (Å²) in [7, 11) is 0. The molecule has 25 heavy (non-hydrogen) atoms. The summed E-state index contributed by atoms with van der Waals surface area (Å²) in [6.45, 7) is 10.8. The van der Waals surface area contributed by atoms with Crippen LogP contribution < -0.4 is 4.74 Å². The zero-order valence-electron chi connectivity index (χ0n) is 15.3. The molecule has 1 aromatic carbocycles. The van der Waals surface area contributed by atoms with E-state index in [1.807, 2.05) is 6.92 Å². The summed E-state index contributed by atoms with van der Waals surface area (Å²) in [6, 6.07) is 8.42. The molecule has 1 aliphatic rings. The molecule has 1 fully saturated rings. The molecule has 2 aromatic rings. The molecule has 0 bridgehead atoms. The molecule has 0 N–H and O–H groups in total. The Kier molecular flexibility index (Phi) is 6.42. The maximum atomic E-state index is 5.50. The van der Waals surface area contributed by atoms with Crippen LogP contribution in [0.1, 0.15) is 37.5 Å². The molecule has 6 heteroatoms. The van der Waals surface area contributed by atoms with E-state index >= 15 is 0 Å². The first-order valence-corrected chi connectivity index (χ1v) is 9.24. The Morgan fingerprint density at radius 2 is 1.68 bits per heavy atom. The molecule has 0 saturated carbocycles. The number of hydrogen-bond donors (Lipinski definition) is 0. The van der Waals surface area contributed by atoms with Gasteiger partial charge < -0.3 is 9.26 Å². The highest BCUT2D eigenvalue weighted by Gasteiger charge is 2.19. The van der Waals surface area contributed by atoms with Crippen molar-refractivity contribution in [3.8, 4) is 5.75 Å². The molecular formula is C19H28N4O2. The van der Waals surface area contributed by atoms with Crippen LogP contribution in [0.2, 0.25) is 0 Å². The van der Waals surface area contributed by atoms with Gasteiger partial charge >= 0.3 is 0 Å². The van der Waals surface area contributed by atoms with Crippen LogP contribution in [0.25, 0.3) is 0 Å². The highest BCUT2D eigenvalue weighted by Crippen LogP contribution is 2.15. The number of hydrogen-bond acceptors (Lipinski definition) is 6. The molecule has 0 radical (unpaired) electrons. The fraction of sp³-hybridized carbons (Fsp3) is 0.579. The monoisotopic (exact) mass is 344 g/mol. The number of benzene rings is 1. The summed E-state index contributed by atoms with van der Waals surface area (Å²) in [5.41, 5.74) is 1.33. The van der Waals surface area contributed by atoms with E-state index in [-0.39, 0.29) is 0 Å². The number of rotatable bonds is 8. The van der Waals surface area contributed by atoms with Crippen molar-refractivity contribution in [2.45, 2.75) is 39.8 Å². The summed E-state index contributed by atoms with van der Waals surface area (Å²) in [6.07, 6.45) is 1.93. The molecule has 136 valence electrons. The van der Waals surface area contributed by atoms with E-state index in [0.717, 1.165) is 69.6 Å². The molecule has 0 atom stereocenters. The van der Waals surface area contributed by atoms with Gasteiger partial charge in [-0.15, -0.1) is 0 Å². The second-order valence-corrected chi connectivity index (χ2v) is 6.48. The summed E-state index contributed by atoms with van der Waals surface area (Å²) < 4.78 is 10.8. The van der Waals surface area contributed by atoms with Crippen LogP contribution in [-0.4, -0.2) is 52.7 Å². The summed E-state index contributed by atoms with van der Waals surface area (Å²) >= 11 is 0. The van der Waals surface area contributed by atoms with Crippen LogP contribution in [0.15, 0.2) is 28.8 Å². The van der Waals surface area contributed by atoms with Gasteiger partial charge in [-0.2, -0.15) is 4.98 Å². The Hall–Kier alpha value is -1.92. The molecule has 6 nitrogen and oxygen atoms in total. The molecule has 0 aliphatic carbocycles. The number of aryl methyl sites for hydroxylation is 1. The van der Waals surface area contributed by atoms with Gasteiger partial charge in [0.2, 0.25) is 5.89 Å². The lowest BCUT2D eigenvalue weighted by Gasteiger charge is -2.33. The number of ether oxygens (including phenoxy) is 1. The fourth-order valence-corrected chi connectivity index (χ4v) is 3.09. The van der Waals surface area contributed by atoms with Crippen LogP contribution in [0, 0.1) is 0 Å². The summed E-state index contributed by atoms with van der Waals surface area (Å²) in [5, 5.41) is 4.03. The Bertz CT molecular complexity index is 633. The molecule has 1 saturated heterocycles. The summed E-state index contributed by atoms with van der Waals surface area (Å²) in [5.74, 6) is 2.51.